The number of halogens is 1. The average molecular weight is 469 g/mol. The van der Waals surface area contributed by atoms with Gasteiger partial charge in [0.15, 0.2) is 5.96 Å². The van der Waals surface area contributed by atoms with Gasteiger partial charge in [-0.15, -0.1) is 24.0 Å². The Labute approximate surface area is 162 Å². The quantitative estimate of drug-likeness (QED) is 0.380. The van der Waals surface area contributed by atoms with Crippen molar-refractivity contribution in [2.75, 3.05) is 25.6 Å². The Hall–Kier alpha value is -1.03. The van der Waals surface area contributed by atoms with E-state index in [-0.39, 0.29) is 35.3 Å². The molecule has 0 aliphatic heterocycles. The van der Waals surface area contributed by atoms with Gasteiger partial charge in [0.05, 0.1) is 5.75 Å². The molecule has 2 N–H and O–H groups in total. The third kappa shape index (κ3) is 9.96. The highest BCUT2D eigenvalue weighted by Gasteiger charge is 2.14. The highest BCUT2D eigenvalue weighted by Crippen LogP contribution is 2.22. The smallest absolute Gasteiger partial charge is 0.191 e. The zero-order chi connectivity index (χ0) is 17.5. The zero-order valence-electron chi connectivity index (χ0n) is 14.9. The highest BCUT2D eigenvalue weighted by molar-refractivity contribution is 14.0. The predicted octanol–water partition coefficient (Wildman–Crippen LogP) is 2.19. The Morgan fingerprint density at radius 2 is 1.83 bits per heavy atom. The van der Waals surface area contributed by atoms with Gasteiger partial charge in [0, 0.05) is 32.0 Å². The zero-order valence-corrected chi connectivity index (χ0v) is 18.1. The summed E-state index contributed by atoms with van der Waals surface area (Å²) in [5.74, 6) is 1.44. The maximum absolute atomic E-state index is 11.1. The van der Waals surface area contributed by atoms with Gasteiger partial charge >= 0.3 is 0 Å². The molecular weight excluding hydrogens is 441 g/mol. The molecular formula is C16H28IN3O3S. The van der Waals surface area contributed by atoms with Crippen LogP contribution in [0, 0.1) is 0 Å². The molecule has 0 saturated heterocycles. The summed E-state index contributed by atoms with van der Waals surface area (Å²) in [6, 6.07) is 7.80. The number of ether oxygens (including phenoxy) is 1. The standard InChI is InChI=1S/C16H27N3O3S.HI/c1-16(2,3)22-14-9-7-6-8-13(14)12-19-15(17-4)18-10-11-23(5,20)21;/h6-9H,10-12H2,1-5H3,(H2,17,18,19);1H. The molecule has 1 aromatic rings. The number of hydrogen-bond donors (Lipinski definition) is 2. The molecule has 0 heterocycles. The predicted molar refractivity (Wildman–Crippen MR) is 110 cm³/mol. The van der Waals surface area contributed by atoms with Crippen LogP contribution in [-0.2, 0) is 16.4 Å². The maximum Gasteiger partial charge on any atom is 0.191 e. The number of sulfone groups is 1. The van der Waals surface area contributed by atoms with E-state index in [0.717, 1.165) is 11.3 Å². The van der Waals surface area contributed by atoms with Crippen molar-refractivity contribution in [3.8, 4) is 5.75 Å². The first-order chi connectivity index (χ1) is 10.6. The van der Waals surface area contributed by atoms with E-state index >= 15 is 0 Å². The van der Waals surface area contributed by atoms with Crippen molar-refractivity contribution in [1.29, 1.82) is 0 Å². The van der Waals surface area contributed by atoms with Gasteiger partial charge in [-0.2, -0.15) is 0 Å². The second-order valence-corrected chi connectivity index (χ2v) is 8.56. The van der Waals surface area contributed by atoms with Gasteiger partial charge in [0.25, 0.3) is 0 Å². The molecule has 0 bridgehead atoms. The lowest BCUT2D eigenvalue weighted by Gasteiger charge is -2.23. The van der Waals surface area contributed by atoms with Crippen LogP contribution in [0.15, 0.2) is 29.3 Å². The molecule has 0 aliphatic rings. The fraction of sp³-hybridized carbons (Fsp3) is 0.562. The molecule has 0 aromatic heterocycles. The first-order valence-electron chi connectivity index (χ1n) is 7.50. The van der Waals surface area contributed by atoms with Gasteiger partial charge in [0.1, 0.15) is 21.2 Å². The van der Waals surface area contributed by atoms with Crippen LogP contribution in [0.3, 0.4) is 0 Å². The number of hydrogen-bond acceptors (Lipinski definition) is 4. The molecule has 6 nitrogen and oxygen atoms in total. The number of para-hydroxylation sites is 1. The monoisotopic (exact) mass is 469 g/mol. The van der Waals surface area contributed by atoms with Crippen LogP contribution in [0.2, 0.25) is 0 Å². The van der Waals surface area contributed by atoms with E-state index in [1.807, 2.05) is 45.0 Å². The first kappa shape index (κ1) is 23.0. The van der Waals surface area contributed by atoms with E-state index in [2.05, 4.69) is 15.6 Å². The van der Waals surface area contributed by atoms with Crippen molar-refractivity contribution in [3.05, 3.63) is 29.8 Å². The van der Waals surface area contributed by atoms with Crippen LogP contribution in [0.1, 0.15) is 26.3 Å². The summed E-state index contributed by atoms with van der Waals surface area (Å²) in [6.07, 6.45) is 1.21. The van der Waals surface area contributed by atoms with E-state index in [0.29, 0.717) is 19.0 Å². The largest absolute Gasteiger partial charge is 0.488 e. The molecule has 0 radical (unpaired) electrons. The molecule has 0 amide bonds. The van der Waals surface area contributed by atoms with Gasteiger partial charge in [-0.25, -0.2) is 8.42 Å². The van der Waals surface area contributed by atoms with Gasteiger partial charge in [-0.05, 0) is 26.8 Å². The van der Waals surface area contributed by atoms with Gasteiger partial charge < -0.3 is 15.4 Å². The lowest BCUT2D eigenvalue weighted by Crippen LogP contribution is -2.39. The van der Waals surface area contributed by atoms with Gasteiger partial charge in [0.2, 0.25) is 0 Å². The molecule has 24 heavy (non-hydrogen) atoms. The summed E-state index contributed by atoms with van der Waals surface area (Å²) in [5, 5.41) is 6.15. The molecule has 0 fully saturated rings. The Balaban J connectivity index is 0.00000529. The second kappa shape index (κ2) is 10.1. The topological polar surface area (TPSA) is 79.8 Å². The van der Waals surface area contributed by atoms with Crippen LogP contribution in [0.4, 0.5) is 0 Å². The number of aliphatic imine (C=N–C) groups is 1. The van der Waals surface area contributed by atoms with Crippen molar-refractivity contribution in [2.45, 2.75) is 32.9 Å². The number of nitrogens with zero attached hydrogens (tertiary/aromatic N) is 1. The minimum Gasteiger partial charge on any atom is -0.488 e. The minimum atomic E-state index is -2.99. The number of guanidine groups is 1. The average Bonchev–Trinajstić information content (AvgIpc) is 2.41. The second-order valence-electron chi connectivity index (χ2n) is 6.30. The molecule has 0 saturated carbocycles. The molecule has 1 aromatic carbocycles. The summed E-state index contributed by atoms with van der Waals surface area (Å²) in [6.45, 7) is 6.86. The summed E-state index contributed by atoms with van der Waals surface area (Å²) < 4.78 is 28.2. The van der Waals surface area contributed by atoms with Crippen molar-refractivity contribution < 1.29 is 13.2 Å². The molecule has 0 atom stereocenters. The van der Waals surface area contributed by atoms with E-state index < -0.39 is 9.84 Å². The molecule has 138 valence electrons. The Bertz CT molecular complexity index is 640. The summed E-state index contributed by atoms with van der Waals surface area (Å²) in [7, 11) is -1.34. The number of benzene rings is 1. The SMILES string of the molecule is CN=C(NCCS(C)(=O)=O)NCc1ccccc1OC(C)(C)C.I. The van der Waals surface area contributed by atoms with E-state index in [4.69, 9.17) is 4.74 Å². The van der Waals surface area contributed by atoms with Gasteiger partial charge in [-0.1, -0.05) is 18.2 Å². The Kier molecular flexibility index (Phi) is 9.64. The normalized spacial score (nSPS) is 12.3. The lowest BCUT2D eigenvalue weighted by molar-refractivity contribution is 0.129. The van der Waals surface area contributed by atoms with E-state index in [1.54, 1.807) is 7.05 Å². The Morgan fingerprint density at radius 1 is 1.21 bits per heavy atom. The summed E-state index contributed by atoms with van der Waals surface area (Å²) >= 11 is 0. The number of nitrogens with one attached hydrogen (secondary N) is 2. The van der Waals surface area contributed by atoms with Crippen LogP contribution in [-0.4, -0.2) is 45.6 Å². The van der Waals surface area contributed by atoms with Crippen LogP contribution in [0.25, 0.3) is 0 Å². The molecule has 1 rings (SSSR count). The first-order valence-corrected chi connectivity index (χ1v) is 9.56. The van der Waals surface area contributed by atoms with Gasteiger partial charge in [-0.3, -0.25) is 4.99 Å². The highest BCUT2D eigenvalue weighted by atomic mass is 127. The summed E-state index contributed by atoms with van der Waals surface area (Å²) in [5.41, 5.74) is 0.736. The van der Waals surface area contributed by atoms with E-state index in [9.17, 15) is 8.42 Å². The minimum absolute atomic E-state index is 0. The molecule has 0 unspecified atom stereocenters. The maximum atomic E-state index is 11.1. The van der Waals surface area contributed by atoms with Crippen molar-refractivity contribution >= 4 is 39.8 Å². The van der Waals surface area contributed by atoms with Crippen LogP contribution < -0.4 is 15.4 Å². The van der Waals surface area contributed by atoms with Crippen LogP contribution in [0.5, 0.6) is 5.75 Å². The molecule has 0 spiro atoms. The summed E-state index contributed by atoms with van der Waals surface area (Å²) in [4.78, 5) is 4.09. The van der Waals surface area contributed by atoms with Crippen molar-refractivity contribution in [1.82, 2.24) is 10.6 Å². The fourth-order valence-electron chi connectivity index (χ4n) is 1.83. The third-order valence-electron chi connectivity index (χ3n) is 2.82. The number of rotatable bonds is 6. The van der Waals surface area contributed by atoms with Crippen LogP contribution >= 0.6 is 24.0 Å². The van der Waals surface area contributed by atoms with Crippen molar-refractivity contribution in [2.24, 2.45) is 4.99 Å². The molecule has 8 heteroatoms. The van der Waals surface area contributed by atoms with Crippen molar-refractivity contribution in [3.63, 3.8) is 0 Å². The van der Waals surface area contributed by atoms with E-state index in [1.165, 1.54) is 6.26 Å². The Morgan fingerprint density at radius 3 is 2.38 bits per heavy atom. The lowest BCUT2D eigenvalue weighted by atomic mass is 10.1. The third-order valence-corrected chi connectivity index (χ3v) is 3.77. The fourth-order valence-corrected chi connectivity index (χ4v) is 2.31. The molecule has 0 aliphatic carbocycles.